The van der Waals surface area contributed by atoms with Gasteiger partial charge in [0.1, 0.15) is 0 Å². The first kappa shape index (κ1) is 15.0. The average molecular weight is 274 g/mol. The quantitative estimate of drug-likeness (QED) is 0.865. The predicted octanol–water partition coefficient (Wildman–Crippen LogP) is 2.61. The summed E-state index contributed by atoms with van der Waals surface area (Å²) in [7, 11) is 0. The van der Waals surface area contributed by atoms with Gasteiger partial charge in [0.25, 0.3) is 0 Å². The lowest BCUT2D eigenvalue weighted by molar-refractivity contribution is -0.121. The van der Waals surface area contributed by atoms with Crippen molar-refractivity contribution in [3.63, 3.8) is 0 Å². The first-order valence-corrected chi connectivity index (χ1v) is 7.87. The predicted molar refractivity (Wildman–Crippen MR) is 82.7 cm³/mol. The molecule has 110 valence electrons. The van der Waals surface area contributed by atoms with Crippen molar-refractivity contribution in [1.29, 1.82) is 0 Å². The van der Waals surface area contributed by atoms with Gasteiger partial charge < -0.3 is 10.2 Å². The van der Waals surface area contributed by atoms with Gasteiger partial charge in [0, 0.05) is 19.5 Å². The summed E-state index contributed by atoms with van der Waals surface area (Å²) in [5.74, 6) is 0.170. The number of carbonyl (C=O) groups excluding carboxylic acids is 1. The van der Waals surface area contributed by atoms with E-state index in [-0.39, 0.29) is 5.91 Å². The van der Waals surface area contributed by atoms with Crippen LogP contribution < -0.4 is 5.32 Å². The van der Waals surface area contributed by atoms with Crippen molar-refractivity contribution in [1.82, 2.24) is 10.2 Å². The summed E-state index contributed by atoms with van der Waals surface area (Å²) in [6.07, 6.45) is 6.75. The van der Waals surface area contributed by atoms with Crippen molar-refractivity contribution in [3.05, 3.63) is 35.9 Å². The van der Waals surface area contributed by atoms with Crippen molar-refractivity contribution in [2.24, 2.45) is 0 Å². The minimum Gasteiger partial charge on any atom is -0.355 e. The summed E-state index contributed by atoms with van der Waals surface area (Å²) >= 11 is 0. The number of nitrogens with one attached hydrogen (secondary N) is 1. The molecule has 3 nitrogen and oxygen atoms in total. The lowest BCUT2D eigenvalue weighted by atomic mass is 10.1. The van der Waals surface area contributed by atoms with Gasteiger partial charge in [0.15, 0.2) is 0 Å². The molecule has 1 aliphatic rings. The second kappa shape index (κ2) is 8.75. The molecule has 20 heavy (non-hydrogen) atoms. The molecule has 0 bridgehead atoms. The largest absolute Gasteiger partial charge is 0.355 e. The SMILES string of the molecule is O=C(CCc1ccccc1)NCCN1CCCCCC1. The van der Waals surface area contributed by atoms with Gasteiger partial charge in [-0.3, -0.25) is 4.79 Å². The molecule has 0 radical (unpaired) electrons. The van der Waals surface area contributed by atoms with E-state index in [9.17, 15) is 4.79 Å². The third kappa shape index (κ3) is 5.74. The van der Waals surface area contributed by atoms with E-state index in [1.807, 2.05) is 18.2 Å². The number of rotatable bonds is 6. The zero-order valence-corrected chi connectivity index (χ0v) is 12.3. The number of likely N-dealkylation sites (tertiary alicyclic amines) is 1. The Balaban J connectivity index is 1.58. The smallest absolute Gasteiger partial charge is 0.220 e. The summed E-state index contributed by atoms with van der Waals surface area (Å²) in [5.41, 5.74) is 1.23. The summed E-state index contributed by atoms with van der Waals surface area (Å²) < 4.78 is 0. The van der Waals surface area contributed by atoms with Crippen molar-refractivity contribution in [3.8, 4) is 0 Å². The molecule has 0 unspecified atom stereocenters. The molecule has 1 amide bonds. The summed E-state index contributed by atoms with van der Waals surface area (Å²) in [6, 6.07) is 10.2. The maximum atomic E-state index is 11.8. The molecule has 0 spiro atoms. The van der Waals surface area contributed by atoms with Gasteiger partial charge in [-0.2, -0.15) is 0 Å². The maximum absolute atomic E-state index is 11.8. The van der Waals surface area contributed by atoms with Crippen LogP contribution in [-0.4, -0.2) is 37.0 Å². The van der Waals surface area contributed by atoms with Crippen molar-refractivity contribution in [2.75, 3.05) is 26.2 Å². The molecular formula is C17H26N2O. The Morgan fingerprint density at radius 3 is 2.45 bits per heavy atom. The van der Waals surface area contributed by atoms with Crippen LogP contribution in [0.5, 0.6) is 0 Å². The van der Waals surface area contributed by atoms with Gasteiger partial charge in [0.2, 0.25) is 5.91 Å². The van der Waals surface area contributed by atoms with Crippen molar-refractivity contribution in [2.45, 2.75) is 38.5 Å². The van der Waals surface area contributed by atoms with Crippen LogP contribution in [0.2, 0.25) is 0 Å². The Morgan fingerprint density at radius 2 is 1.75 bits per heavy atom. The Morgan fingerprint density at radius 1 is 1.05 bits per heavy atom. The maximum Gasteiger partial charge on any atom is 0.220 e. The van der Waals surface area contributed by atoms with E-state index in [2.05, 4.69) is 22.3 Å². The zero-order chi connectivity index (χ0) is 14.0. The van der Waals surface area contributed by atoms with E-state index in [0.29, 0.717) is 6.42 Å². The first-order valence-electron chi connectivity index (χ1n) is 7.87. The topological polar surface area (TPSA) is 32.3 Å². The summed E-state index contributed by atoms with van der Waals surface area (Å²) in [5, 5.41) is 3.04. The van der Waals surface area contributed by atoms with Crippen molar-refractivity contribution >= 4 is 5.91 Å². The van der Waals surface area contributed by atoms with Gasteiger partial charge in [-0.1, -0.05) is 43.2 Å². The minimum atomic E-state index is 0.170. The molecule has 0 atom stereocenters. The van der Waals surface area contributed by atoms with Crippen LogP contribution in [0.3, 0.4) is 0 Å². The number of amides is 1. The average Bonchev–Trinajstić information content (AvgIpc) is 2.75. The van der Waals surface area contributed by atoms with Crippen LogP contribution in [-0.2, 0) is 11.2 Å². The normalized spacial score (nSPS) is 16.6. The molecule has 1 aromatic carbocycles. The molecule has 0 saturated carbocycles. The van der Waals surface area contributed by atoms with Crippen LogP contribution in [0.1, 0.15) is 37.7 Å². The second-order valence-corrected chi connectivity index (χ2v) is 5.59. The van der Waals surface area contributed by atoms with Crippen molar-refractivity contribution < 1.29 is 4.79 Å². The third-order valence-corrected chi connectivity index (χ3v) is 3.93. The monoisotopic (exact) mass is 274 g/mol. The first-order chi connectivity index (χ1) is 9.84. The summed E-state index contributed by atoms with van der Waals surface area (Å²) in [6.45, 7) is 4.17. The highest BCUT2D eigenvalue weighted by atomic mass is 16.1. The van der Waals surface area contributed by atoms with E-state index in [0.717, 1.165) is 19.5 Å². The van der Waals surface area contributed by atoms with Crippen LogP contribution in [0.25, 0.3) is 0 Å². The van der Waals surface area contributed by atoms with E-state index < -0.39 is 0 Å². The van der Waals surface area contributed by atoms with E-state index in [1.54, 1.807) is 0 Å². The fourth-order valence-electron chi connectivity index (χ4n) is 2.70. The Labute approximate surface area is 122 Å². The van der Waals surface area contributed by atoms with Gasteiger partial charge in [-0.05, 0) is 37.9 Å². The molecule has 1 aromatic rings. The molecule has 1 saturated heterocycles. The third-order valence-electron chi connectivity index (χ3n) is 3.93. The number of hydrogen-bond donors (Lipinski definition) is 1. The number of hydrogen-bond acceptors (Lipinski definition) is 2. The number of benzene rings is 1. The van der Waals surface area contributed by atoms with Gasteiger partial charge in [-0.25, -0.2) is 0 Å². The number of nitrogens with zero attached hydrogens (tertiary/aromatic N) is 1. The molecule has 1 fully saturated rings. The highest BCUT2D eigenvalue weighted by Crippen LogP contribution is 2.08. The lowest BCUT2D eigenvalue weighted by Gasteiger charge is -2.19. The van der Waals surface area contributed by atoms with Gasteiger partial charge >= 0.3 is 0 Å². The van der Waals surface area contributed by atoms with Crippen LogP contribution in [0.15, 0.2) is 30.3 Å². The fraction of sp³-hybridized carbons (Fsp3) is 0.588. The van der Waals surface area contributed by atoms with E-state index in [4.69, 9.17) is 0 Å². The molecule has 1 aliphatic heterocycles. The van der Waals surface area contributed by atoms with E-state index >= 15 is 0 Å². The minimum absolute atomic E-state index is 0.170. The fourth-order valence-corrected chi connectivity index (χ4v) is 2.70. The van der Waals surface area contributed by atoms with E-state index in [1.165, 1.54) is 44.3 Å². The highest BCUT2D eigenvalue weighted by Gasteiger charge is 2.09. The molecule has 0 aliphatic carbocycles. The second-order valence-electron chi connectivity index (χ2n) is 5.59. The molecule has 3 heteroatoms. The zero-order valence-electron chi connectivity index (χ0n) is 12.3. The Bertz CT molecular complexity index is 383. The summed E-state index contributed by atoms with van der Waals surface area (Å²) in [4.78, 5) is 14.3. The lowest BCUT2D eigenvalue weighted by Crippen LogP contribution is -2.35. The standard InChI is InChI=1S/C17H26N2O/c20-17(11-10-16-8-4-3-5-9-16)18-12-15-19-13-6-1-2-7-14-19/h3-5,8-9H,1-2,6-7,10-15H2,(H,18,20). The van der Waals surface area contributed by atoms with Crippen LogP contribution in [0.4, 0.5) is 0 Å². The molecular weight excluding hydrogens is 248 g/mol. The Kier molecular flexibility index (Phi) is 6.58. The van der Waals surface area contributed by atoms with Gasteiger partial charge in [-0.15, -0.1) is 0 Å². The molecule has 1 N–H and O–H groups in total. The van der Waals surface area contributed by atoms with Crippen LogP contribution >= 0.6 is 0 Å². The van der Waals surface area contributed by atoms with Crippen LogP contribution in [0, 0.1) is 0 Å². The molecule has 0 aromatic heterocycles. The number of aryl methyl sites for hydroxylation is 1. The molecule has 1 heterocycles. The number of carbonyl (C=O) groups is 1. The van der Waals surface area contributed by atoms with Gasteiger partial charge in [0.05, 0.1) is 0 Å². The highest BCUT2D eigenvalue weighted by molar-refractivity contribution is 5.76. The Hall–Kier alpha value is -1.35. The molecule has 2 rings (SSSR count).